The van der Waals surface area contributed by atoms with Gasteiger partial charge in [-0.05, 0) is 30.3 Å². The Labute approximate surface area is 200 Å². The zero-order chi connectivity index (χ0) is 24.1. The molecule has 0 radical (unpaired) electrons. The Bertz CT molecular complexity index is 1220. The number of anilines is 4. The lowest BCUT2D eigenvalue weighted by atomic mass is 10.2. The zero-order valence-electron chi connectivity index (χ0n) is 17.5. The highest BCUT2D eigenvalue weighted by molar-refractivity contribution is 9.10. The molecule has 0 atom stereocenters. The minimum absolute atomic E-state index is 0.0846. The minimum atomic E-state index is -0.696. The van der Waals surface area contributed by atoms with Crippen LogP contribution in [0.2, 0.25) is 0 Å². The molecule has 1 aliphatic heterocycles. The van der Waals surface area contributed by atoms with Crippen LogP contribution in [0.1, 0.15) is 5.56 Å². The van der Waals surface area contributed by atoms with Crippen LogP contribution in [0.3, 0.4) is 0 Å². The number of nitrogens with one attached hydrogen (secondary N) is 2. The summed E-state index contributed by atoms with van der Waals surface area (Å²) in [7, 11) is 0. The van der Waals surface area contributed by atoms with Crippen molar-refractivity contribution < 1.29 is 19.2 Å². The summed E-state index contributed by atoms with van der Waals surface area (Å²) in [6.45, 7) is 2.21. The molecule has 1 aromatic heterocycles. The van der Waals surface area contributed by atoms with E-state index in [1.54, 1.807) is 12.1 Å². The lowest BCUT2D eigenvalue weighted by Gasteiger charge is -2.27. The van der Waals surface area contributed by atoms with Crippen LogP contribution in [-0.2, 0) is 4.74 Å². The maximum absolute atomic E-state index is 13.2. The van der Waals surface area contributed by atoms with Gasteiger partial charge in [0.05, 0.1) is 24.4 Å². The summed E-state index contributed by atoms with van der Waals surface area (Å²) in [6.07, 6.45) is 1.21. The van der Waals surface area contributed by atoms with Crippen molar-refractivity contribution in [3.63, 3.8) is 0 Å². The monoisotopic (exact) mass is 532 g/mol. The molecule has 12 nitrogen and oxygen atoms in total. The fourth-order valence-electron chi connectivity index (χ4n) is 3.04. The topological polar surface area (TPSA) is 151 Å². The van der Waals surface area contributed by atoms with Gasteiger partial charge >= 0.3 is 5.69 Å². The Kier molecular flexibility index (Phi) is 7.08. The van der Waals surface area contributed by atoms with Gasteiger partial charge in [0.2, 0.25) is 23.6 Å². The van der Waals surface area contributed by atoms with Crippen molar-refractivity contribution in [3.8, 4) is 5.75 Å². The Morgan fingerprint density at radius 1 is 1.18 bits per heavy atom. The van der Waals surface area contributed by atoms with Crippen LogP contribution in [0, 0.1) is 15.9 Å². The highest BCUT2D eigenvalue weighted by Crippen LogP contribution is 2.32. The van der Waals surface area contributed by atoms with Gasteiger partial charge in [-0.2, -0.15) is 20.1 Å². The van der Waals surface area contributed by atoms with Gasteiger partial charge in [-0.3, -0.25) is 10.1 Å². The average molecular weight is 533 g/mol. The van der Waals surface area contributed by atoms with Crippen molar-refractivity contribution in [3.05, 3.63) is 62.4 Å². The predicted octanol–water partition coefficient (Wildman–Crippen LogP) is 3.41. The smallest absolute Gasteiger partial charge is 0.312 e. The summed E-state index contributed by atoms with van der Waals surface area (Å²) in [5, 5.41) is 28.3. The summed E-state index contributed by atoms with van der Waals surface area (Å²) in [5.74, 6) is -0.241. The Hall–Kier alpha value is -3.91. The number of nitrogens with zero attached hydrogens (tertiary/aromatic N) is 6. The van der Waals surface area contributed by atoms with E-state index >= 15 is 0 Å². The quantitative estimate of drug-likeness (QED) is 0.234. The highest BCUT2D eigenvalue weighted by atomic mass is 79.9. The number of hydrogen-bond acceptors (Lipinski definition) is 11. The molecule has 176 valence electrons. The summed E-state index contributed by atoms with van der Waals surface area (Å²) < 4.78 is 19.0. The van der Waals surface area contributed by atoms with Crippen LogP contribution in [0.4, 0.5) is 33.6 Å². The van der Waals surface area contributed by atoms with Gasteiger partial charge in [0.1, 0.15) is 5.82 Å². The molecular weight excluding hydrogens is 515 g/mol. The largest absolute Gasteiger partial charge is 0.502 e. The molecule has 0 bridgehead atoms. The minimum Gasteiger partial charge on any atom is -0.502 e. The first-order valence-electron chi connectivity index (χ1n) is 9.96. The number of halogens is 2. The standard InChI is InChI=1S/C20H18BrFN8O4/c21-13-9-12(17(31)16(10-13)30(32)33)11-23-28-19-25-18(24-15-3-1-14(22)2-4-15)26-20(27-19)29-5-7-34-8-6-29/h1-4,9-11,31H,5-8H2,(H2,24,25,26,27,28)/b23-11-. The molecule has 14 heteroatoms. The lowest BCUT2D eigenvalue weighted by molar-refractivity contribution is -0.385. The number of ether oxygens (including phenoxy) is 1. The summed E-state index contributed by atoms with van der Waals surface area (Å²) >= 11 is 3.17. The molecule has 1 aliphatic rings. The number of nitro benzene ring substituents is 1. The van der Waals surface area contributed by atoms with E-state index in [4.69, 9.17) is 4.74 Å². The lowest BCUT2D eigenvalue weighted by Crippen LogP contribution is -2.37. The molecule has 0 spiro atoms. The van der Waals surface area contributed by atoms with Crippen LogP contribution < -0.4 is 15.6 Å². The van der Waals surface area contributed by atoms with Gasteiger partial charge in [0, 0.05) is 34.9 Å². The number of aromatic nitrogens is 3. The van der Waals surface area contributed by atoms with Crippen molar-refractivity contribution in [2.24, 2.45) is 5.10 Å². The predicted molar refractivity (Wildman–Crippen MR) is 126 cm³/mol. The van der Waals surface area contributed by atoms with Crippen molar-refractivity contribution >= 4 is 51.4 Å². The highest BCUT2D eigenvalue weighted by Gasteiger charge is 2.19. The summed E-state index contributed by atoms with van der Waals surface area (Å²) in [6, 6.07) is 8.36. The first-order chi connectivity index (χ1) is 16.4. The Morgan fingerprint density at radius 3 is 2.59 bits per heavy atom. The zero-order valence-corrected chi connectivity index (χ0v) is 19.1. The second kappa shape index (κ2) is 10.4. The van der Waals surface area contributed by atoms with E-state index in [2.05, 4.69) is 46.7 Å². The second-order valence-electron chi connectivity index (χ2n) is 7.00. The first-order valence-corrected chi connectivity index (χ1v) is 10.8. The van der Waals surface area contributed by atoms with Crippen molar-refractivity contribution in [2.45, 2.75) is 0 Å². The molecule has 1 fully saturated rings. The van der Waals surface area contributed by atoms with Crippen LogP contribution in [-0.4, -0.2) is 57.5 Å². The number of phenols is 1. The second-order valence-corrected chi connectivity index (χ2v) is 7.92. The van der Waals surface area contributed by atoms with Crippen molar-refractivity contribution in [2.75, 3.05) is 41.9 Å². The van der Waals surface area contributed by atoms with Crippen LogP contribution >= 0.6 is 15.9 Å². The molecule has 4 rings (SSSR count). The van der Waals surface area contributed by atoms with Gasteiger partial charge in [-0.15, -0.1) is 0 Å². The van der Waals surface area contributed by atoms with E-state index < -0.39 is 16.4 Å². The van der Waals surface area contributed by atoms with E-state index in [9.17, 15) is 19.6 Å². The summed E-state index contributed by atoms with van der Waals surface area (Å²) in [5.41, 5.74) is 2.88. The van der Waals surface area contributed by atoms with Gasteiger partial charge < -0.3 is 20.1 Å². The third-order valence-electron chi connectivity index (χ3n) is 4.67. The van der Waals surface area contributed by atoms with E-state index in [1.807, 2.05) is 4.90 Å². The molecular formula is C20H18BrFN8O4. The SMILES string of the molecule is O=[N+]([O-])c1cc(Br)cc(/C=N\Nc2nc(Nc3ccc(F)cc3)nc(N3CCOCC3)n2)c1O. The third kappa shape index (κ3) is 5.71. The molecule has 1 saturated heterocycles. The van der Waals surface area contributed by atoms with E-state index in [0.29, 0.717) is 42.4 Å². The van der Waals surface area contributed by atoms with Crippen molar-refractivity contribution in [1.82, 2.24) is 15.0 Å². The number of hydrazone groups is 1. The van der Waals surface area contributed by atoms with Crippen LogP contribution in [0.25, 0.3) is 0 Å². The molecule has 3 N–H and O–H groups in total. The van der Waals surface area contributed by atoms with Crippen LogP contribution in [0.15, 0.2) is 46.0 Å². The molecule has 2 heterocycles. The average Bonchev–Trinajstić information content (AvgIpc) is 2.83. The summed E-state index contributed by atoms with van der Waals surface area (Å²) in [4.78, 5) is 25.4. The fraction of sp³-hybridized carbons (Fsp3) is 0.200. The number of phenolic OH excluding ortho intramolecular Hbond substituents is 1. The molecule has 0 saturated carbocycles. The van der Waals surface area contributed by atoms with Gasteiger partial charge in [-0.1, -0.05) is 15.9 Å². The molecule has 0 aliphatic carbocycles. The normalized spacial score (nSPS) is 13.8. The van der Waals surface area contributed by atoms with Crippen LogP contribution in [0.5, 0.6) is 5.75 Å². The third-order valence-corrected chi connectivity index (χ3v) is 5.12. The van der Waals surface area contributed by atoms with Gasteiger partial charge in [-0.25, -0.2) is 9.82 Å². The van der Waals surface area contributed by atoms with E-state index in [0.717, 1.165) is 0 Å². The van der Waals surface area contributed by atoms with Crippen molar-refractivity contribution in [1.29, 1.82) is 0 Å². The molecule has 34 heavy (non-hydrogen) atoms. The molecule has 3 aromatic rings. The number of benzene rings is 2. The maximum Gasteiger partial charge on any atom is 0.312 e. The number of morpholine rings is 1. The Balaban J connectivity index is 1.60. The fourth-order valence-corrected chi connectivity index (χ4v) is 3.50. The number of hydrogen-bond donors (Lipinski definition) is 3. The van der Waals surface area contributed by atoms with E-state index in [-0.39, 0.29) is 23.3 Å². The number of rotatable bonds is 7. The Morgan fingerprint density at radius 2 is 1.88 bits per heavy atom. The van der Waals surface area contributed by atoms with E-state index in [1.165, 1.54) is 30.5 Å². The molecule has 0 unspecified atom stereocenters. The number of nitro groups is 1. The molecule has 0 amide bonds. The van der Waals surface area contributed by atoms with Gasteiger partial charge in [0.25, 0.3) is 0 Å². The first kappa shape index (κ1) is 23.3. The maximum atomic E-state index is 13.2. The van der Waals surface area contributed by atoms with Gasteiger partial charge in [0.15, 0.2) is 0 Å². The number of aromatic hydroxyl groups is 1. The molecule has 2 aromatic carbocycles.